The summed E-state index contributed by atoms with van der Waals surface area (Å²) >= 11 is 0. The Balaban J connectivity index is 1.51. The second-order valence-corrected chi connectivity index (χ2v) is 9.46. The molecule has 8 nitrogen and oxygen atoms in total. The first-order chi connectivity index (χ1) is 19.4. The summed E-state index contributed by atoms with van der Waals surface area (Å²) in [5, 5.41) is 21.5. The van der Waals surface area contributed by atoms with Crippen molar-refractivity contribution in [2.24, 2.45) is 0 Å². The van der Waals surface area contributed by atoms with Crippen LogP contribution in [0.15, 0.2) is 96.8 Å². The average Bonchev–Trinajstić information content (AvgIpc) is 3.22. The number of rotatable bonds is 8. The van der Waals surface area contributed by atoms with E-state index in [0.717, 1.165) is 16.7 Å². The molecule has 4 aromatic rings. The van der Waals surface area contributed by atoms with E-state index in [2.05, 4.69) is 4.98 Å². The number of hydrogen-bond acceptors (Lipinski definition) is 7. The fourth-order valence-corrected chi connectivity index (χ4v) is 4.74. The van der Waals surface area contributed by atoms with Crippen molar-refractivity contribution >= 4 is 17.4 Å². The third-order valence-corrected chi connectivity index (χ3v) is 6.92. The van der Waals surface area contributed by atoms with E-state index in [1.807, 2.05) is 31.2 Å². The van der Waals surface area contributed by atoms with Crippen LogP contribution in [0.25, 0.3) is 5.76 Å². The van der Waals surface area contributed by atoms with Gasteiger partial charge in [-0.3, -0.25) is 14.6 Å². The number of benzene rings is 3. The molecule has 202 valence electrons. The van der Waals surface area contributed by atoms with E-state index in [1.54, 1.807) is 60.9 Å². The van der Waals surface area contributed by atoms with Crippen LogP contribution in [-0.4, -0.2) is 38.9 Å². The molecule has 1 amide bonds. The molecule has 0 radical (unpaired) electrons. The minimum absolute atomic E-state index is 0.0600. The van der Waals surface area contributed by atoms with E-state index in [4.69, 9.17) is 9.47 Å². The number of aliphatic hydroxyl groups excluding tert-OH is 1. The van der Waals surface area contributed by atoms with Crippen LogP contribution in [0.1, 0.15) is 33.9 Å². The molecule has 0 bridgehead atoms. The number of ketones is 1. The maximum absolute atomic E-state index is 13.4. The predicted molar refractivity (Wildman–Crippen MR) is 149 cm³/mol. The van der Waals surface area contributed by atoms with Crippen LogP contribution < -0.4 is 9.47 Å². The first kappa shape index (κ1) is 26.5. The van der Waals surface area contributed by atoms with Crippen LogP contribution in [0.3, 0.4) is 0 Å². The van der Waals surface area contributed by atoms with Gasteiger partial charge in [-0.25, -0.2) is 0 Å². The summed E-state index contributed by atoms with van der Waals surface area (Å²) < 4.78 is 11.2. The van der Waals surface area contributed by atoms with Crippen molar-refractivity contribution in [1.82, 2.24) is 9.88 Å². The molecule has 0 aliphatic carbocycles. The van der Waals surface area contributed by atoms with Gasteiger partial charge in [0.15, 0.2) is 11.5 Å². The maximum atomic E-state index is 13.4. The topological polar surface area (TPSA) is 109 Å². The number of pyridine rings is 1. The van der Waals surface area contributed by atoms with Gasteiger partial charge in [0.2, 0.25) is 0 Å². The van der Waals surface area contributed by atoms with Crippen LogP contribution in [0, 0.1) is 6.92 Å². The Morgan fingerprint density at radius 3 is 2.48 bits per heavy atom. The Kier molecular flexibility index (Phi) is 7.50. The largest absolute Gasteiger partial charge is 0.507 e. The van der Waals surface area contributed by atoms with Gasteiger partial charge < -0.3 is 24.6 Å². The number of aliphatic hydroxyl groups is 1. The summed E-state index contributed by atoms with van der Waals surface area (Å²) in [6, 6.07) is 21.8. The van der Waals surface area contributed by atoms with Crippen molar-refractivity contribution in [3.63, 3.8) is 0 Å². The number of methoxy groups -OCH3 is 1. The quantitative estimate of drug-likeness (QED) is 0.179. The van der Waals surface area contributed by atoms with Gasteiger partial charge in [-0.05, 0) is 71.6 Å². The summed E-state index contributed by atoms with van der Waals surface area (Å²) in [5.74, 6) is -1.18. The molecule has 5 rings (SSSR count). The summed E-state index contributed by atoms with van der Waals surface area (Å²) in [5.41, 5.74) is 3.70. The first-order valence-electron chi connectivity index (χ1n) is 12.7. The third kappa shape index (κ3) is 5.24. The van der Waals surface area contributed by atoms with Gasteiger partial charge in [0.1, 0.15) is 18.1 Å². The van der Waals surface area contributed by atoms with Crippen molar-refractivity contribution in [3.8, 4) is 17.2 Å². The van der Waals surface area contributed by atoms with Crippen molar-refractivity contribution in [3.05, 3.63) is 125 Å². The minimum atomic E-state index is -0.924. The van der Waals surface area contributed by atoms with Crippen LogP contribution in [0.2, 0.25) is 0 Å². The van der Waals surface area contributed by atoms with E-state index in [0.29, 0.717) is 23.5 Å². The smallest absolute Gasteiger partial charge is 0.295 e. The number of Topliss-reactive ketones (excluding diaryl/α,β-unsaturated/α-hetero) is 1. The highest BCUT2D eigenvalue weighted by molar-refractivity contribution is 6.46. The number of hydrogen-bond donors (Lipinski definition) is 2. The monoisotopic (exact) mass is 536 g/mol. The Bertz CT molecular complexity index is 1580. The molecule has 0 unspecified atom stereocenters. The lowest BCUT2D eigenvalue weighted by molar-refractivity contribution is -0.140. The number of nitrogens with zero attached hydrogens (tertiary/aromatic N) is 2. The SMILES string of the molecule is COc1cc([C@H]2C(=C(O)c3ccc(OCc4ccccc4C)cc3)C(=O)C(=O)N2Cc2cccnc2)ccc1O. The molecule has 2 N–H and O–H groups in total. The van der Waals surface area contributed by atoms with Crippen LogP contribution in [0.5, 0.6) is 17.2 Å². The summed E-state index contributed by atoms with van der Waals surface area (Å²) in [7, 11) is 1.41. The molecule has 2 heterocycles. The molecule has 0 spiro atoms. The number of carbonyl (C=O) groups is 2. The zero-order valence-corrected chi connectivity index (χ0v) is 22.1. The van der Waals surface area contributed by atoms with Gasteiger partial charge in [0, 0.05) is 24.5 Å². The second-order valence-electron chi connectivity index (χ2n) is 9.46. The van der Waals surface area contributed by atoms with Gasteiger partial charge in [-0.1, -0.05) is 36.4 Å². The number of aromatic nitrogens is 1. The number of carbonyl (C=O) groups excluding carboxylic acids is 2. The predicted octanol–water partition coefficient (Wildman–Crippen LogP) is 5.31. The maximum Gasteiger partial charge on any atom is 0.295 e. The Hall–Kier alpha value is -5.11. The Morgan fingerprint density at radius 1 is 1.00 bits per heavy atom. The van der Waals surface area contributed by atoms with E-state index in [1.165, 1.54) is 18.1 Å². The van der Waals surface area contributed by atoms with E-state index < -0.39 is 17.7 Å². The van der Waals surface area contributed by atoms with Crippen molar-refractivity contribution in [2.75, 3.05) is 7.11 Å². The van der Waals surface area contributed by atoms with Crippen molar-refractivity contribution in [2.45, 2.75) is 26.1 Å². The normalized spacial score (nSPS) is 16.2. The average molecular weight is 537 g/mol. The number of phenolic OH excluding ortho intramolecular Hbond substituents is 1. The van der Waals surface area contributed by atoms with Gasteiger partial charge in [-0.2, -0.15) is 0 Å². The lowest BCUT2D eigenvalue weighted by Gasteiger charge is -2.25. The second kappa shape index (κ2) is 11.3. The molecule has 3 aromatic carbocycles. The Labute approximate surface area is 231 Å². The number of aryl methyl sites for hydroxylation is 1. The summed E-state index contributed by atoms with van der Waals surface area (Å²) in [4.78, 5) is 32.1. The van der Waals surface area contributed by atoms with Gasteiger partial charge >= 0.3 is 0 Å². The molecular weight excluding hydrogens is 508 g/mol. The zero-order valence-electron chi connectivity index (χ0n) is 22.1. The lowest BCUT2D eigenvalue weighted by Crippen LogP contribution is -2.29. The number of likely N-dealkylation sites (tertiary alicyclic amines) is 1. The molecule has 1 aromatic heterocycles. The van der Waals surface area contributed by atoms with E-state index in [9.17, 15) is 19.8 Å². The van der Waals surface area contributed by atoms with Crippen molar-refractivity contribution in [1.29, 1.82) is 0 Å². The van der Waals surface area contributed by atoms with Crippen LogP contribution in [0.4, 0.5) is 0 Å². The lowest BCUT2D eigenvalue weighted by atomic mass is 9.95. The molecule has 1 aliphatic heterocycles. The highest BCUT2D eigenvalue weighted by Gasteiger charge is 2.46. The number of aromatic hydroxyl groups is 1. The molecular formula is C32H28N2O6. The van der Waals surface area contributed by atoms with E-state index in [-0.39, 0.29) is 29.4 Å². The molecule has 1 atom stereocenters. The fourth-order valence-electron chi connectivity index (χ4n) is 4.74. The fraction of sp³-hybridized carbons (Fsp3) is 0.156. The molecule has 8 heteroatoms. The zero-order chi connectivity index (χ0) is 28.2. The highest BCUT2D eigenvalue weighted by atomic mass is 16.5. The van der Waals surface area contributed by atoms with Gasteiger partial charge in [0.25, 0.3) is 11.7 Å². The Morgan fingerprint density at radius 2 is 1.77 bits per heavy atom. The molecule has 1 saturated heterocycles. The molecule has 1 fully saturated rings. The number of ether oxygens (including phenoxy) is 2. The van der Waals surface area contributed by atoms with Gasteiger partial charge in [0.05, 0.1) is 18.7 Å². The number of phenols is 1. The summed E-state index contributed by atoms with van der Waals surface area (Å²) in [6.45, 7) is 2.50. The first-order valence-corrected chi connectivity index (χ1v) is 12.7. The van der Waals surface area contributed by atoms with Gasteiger partial charge in [-0.15, -0.1) is 0 Å². The minimum Gasteiger partial charge on any atom is -0.507 e. The highest BCUT2D eigenvalue weighted by Crippen LogP contribution is 2.42. The molecule has 0 saturated carbocycles. The van der Waals surface area contributed by atoms with Crippen LogP contribution >= 0.6 is 0 Å². The van der Waals surface area contributed by atoms with Crippen molar-refractivity contribution < 1.29 is 29.3 Å². The van der Waals surface area contributed by atoms with Crippen LogP contribution in [-0.2, 0) is 22.7 Å². The standard InChI is InChI=1S/C32H28N2O6/c1-20-6-3-4-8-24(20)19-40-25-12-9-22(10-13-25)30(36)28-29(23-11-14-26(35)27(16-23)39-2)34(32(38)31(28)37)18-21-7-5-15-33-17-21/h3-17,29,35-36H,18-19H2,1-2H3/t29-/m0/s1. The molecule has 1 aliphatic rings. The third-order valence-electron chi connectivity index (χ3n) is 6.92. The summed E-state index contributed by atoms with van der Waals surface area (Å²) in [6.07, 6.45) is 3.23. The number of amides is 1. The molecule has 40 heavy (non-hydrogen) atoms. The van der Waals surface area contributed by atoms with E-state index >= 15 is 0 Å².